The van der Waals surface area contributed by atoms with Gasteiger partial charge in [-0.2, -0.15) is 0 Å². The lowest BCUT2D eigenvalue weighted by molar-refractivity contribution is 0.288. The van der Waals surface area contributed by atoms with Crippen molar-refractivity contribution in [2.45, 2.75) is 99.9 Å². The van der Waals surface area contributed by atoms with Crippen molar-refractivity contribution in [1.29, 1.82) is 0 Å². The van der Waals surface area contributed by atoms with Gasteiger partial charge in [-0.3, -0.25) is 0 Å². The summed E-state index contributed by atoms with van der Waals surface area (Å²) in [5.74, 6) is 2.13. The average Bonchev–Trinajstić information content (AvgIpc) is 3.09. The fraction of sp³-hybridized carbons (Fsp3) is 1.00. The highest BCUT2D eigenvalue weighted by molar-refractivity contribution is 9.09. The molecule has 4 unspecified atom stereocenters. The summed E-state index contributed by atoms with van der Waals surface area (Å²) in [6.45, 7) is 11.2. The van der Waals surface area contributed by atoms with E-state index in [-0.39, 0.29) is 0 Å². The van der Waals surface area contributed by atoms with Gasteiger partial charge >= 0.3 is 0 Å². The third kappa shape index (κ3) is 2.78. The van der Waals surface area contributed by atoms with Crippen LogP contribution in [-0.4, -0.2) is 20.0 Å². The average molecular weight is 388 g/mol. The van der Waals surface area contributed by atoms with E-state index in [1.807, 2.05) is 0 Å². The van der Waals surface area contributed by atoms with Crippen LogP contribution < -0.4 is 0 Å². The molecule has 0 heterocycles. The van der Waals surface area contributed by atoms with Crippen LogP contribution in [0.3, 0.4) is 0 Å². The Balaban J connectivity index is 1.80. The third-order valence-electron chi connectivity index (χ3n) is 8.32. The Kier molecular flexibility index (Phi) is 4.86. The highest BCUT2D eigenvalue weighted by atomic mass is 79.9. The van der Waals surface area contributed by atoms with E-state index in [2.05, 4.69) is 42.1 Å². The Labute approximate surface area is 142 Å². The van der Waals surface area contributed by atoms with Gasteiger partial charge in [0.25, 0.3) is 0 Å². The van der Waals surface area contributed by atoms with Gasteiger partial charge in [0.15, 0.2) is 0 Å². The van der Waals surface area contributed by atoms with E-state index in [1.54, 1.807) is 25.7 Å². The molecule has 3 fully saturated rings. The Morgan fingerprint density at radius 3 is 2.00 bits per heavy atom. The first kappa shape index (κ1) is 16.8. The highest BCUT2D eigenvalue weighted by Crippen LogP contribution is 2.58. The summed E-state index contributed by atoms with van der Waals surface area (Å²) in [7, 11) is -2.12. The van der Waals surface area contributed by atoms with Crippen LogP contribution in [-0.2, 0) is 0 Å². The van der Waals surface area contributed by atoms with Gasteiger partial charge in [0, 0.05) is 20.0 Å². The van der Waals surface area contributed by atoms with Gasteiger partial charge in [-0.15, -0.1) is 0 Å². The Bertz CT molecular complexity index is 373. The Morgan fingerprint density at radius 1 is 0.667 bits per heavy atom. The Hall–Kier alpha value is 0.914. The van der Waals surface area contributed by atoms with E-state index in [0.29, 0.717) is 0 Å². The molecule has 0 bridgehead atoms. The van der Waals surface area contributed by atoms with E-state index < -0.39 is 15.2 Å². The summed E-state index contributed by atoms with van der Waals surface area (Å²) >= 11 is 4.03. The quantitative estimate of drug-likeness (QED) is 0.370. The van der Waals surface area contributed by atoms with Crippen LogP contribution >= 0.6 is 15.9 Å². The maximum Gasteiger partial charge on any atom is 0.0448 e. The summed E-state index contributed by atoms with van der Waals surface area (Å²) in [6, 6.07) is 0. The van der Waals surface area contributed by atoms with Gasteiger partial charge in [0.2, 0.25) is 0 Å². The van der Waals surface area contributed by atoms with Crippen molar-refractivity contribution < 1.29 is 0 Å². The van der Waals surface area contributed by atoms with Gasteiger partial charge in [-0.1, -0.05) is 87.1 Å². The zero-order valence-electron chi connectivity index (χ0n) is 14.6. The molecule has 21 heavy (non-hydrogen) atoms. The highest BCUT2D eigenvalue weighted by Gasteiger charge is 2.56. The molecule has 0 nitrogen and oxygen atoms in total. The summed E-state index contributed by atoms with van der Waals surface area (Å²) in [4.78, 5) is 0.849. The molecular weight excluding hydrogens is 352 g/mol. The molecule has 0 aromatic rings. The first-order valence-electron chi connectivity index (χ1n) is 9.50. The first-order chi connectivity index (χ1) is 9.85. The van der Waals surface area contributed by atoms with E-state index >= 15 is 0 Å². The molecule has 3 saturated carbocycles. The van der Waals surface area contributed by atoms with Crippen LogP contribution in [0, 0.1) is 11.8 Å². The molecule has 0 saturated heterocycles. The normalized spacial score (nSPS) is 38.7. The summed E-state index contributed by atoms with van der Waals surface area (Å²) in [5, 5.41) is 0. The summed E-state index contributed by atoms with van der Waals surface area (Å²) in [5.41, 5.74) is 2.33. The molecule has 0 aliphatic heterocycles. The fourth-order valence-electron chi connectivity index (χ4n) is 6.27. The van der Waals surface area contributed by atoms with E-state index in [4.69, 9.17) is 0 Å². The molecule has 3 aliphatic carbocycles. The molecule has 0 spiro atoms. The largest absolute Gasteiger partial charge is 0.0888 e. The van der Waals surface area contributed by atoms with Gasteiger partial charge in [0.1, 0.15) is 0 Å². The minimum atomic E-state index is -1.08. The molecule has 3 aliphatic rings. The number of halogens is 1. The van der Waals surface area contributed by atoms with E-state index in [9.17, 15) is 0 Å². The van der Waals surface area contributed by atoms with Gasteiger partial charge in [0.05, 0.1) is 0 Å². The predicted molar refractivity (Wildman–Crippen MR) is 104 cm³/mol. The third-order valence-corrected chi connectivity index (χ3v) is 30.3. The zero-order valence-corrected chi connectivity index (χ0v) is 18.2. The maximum absolute atomic E-state index is 4.03. The van der Waals surface area contributed by atoms with Crippen molar-refractivity contribution in [2.75, 3.05) is 0 Å². The summed E-state index contributed by atoms with van der Waals surface area (Å²) < 4.78 is 0. The van der Waals surface area contributed by atoms with Crippen molar-refractivity contribution in [3.05, 3.63) is 0 Å². The van der Waals surface area contributed by atoms with Crippen LogP contribution in [0.25, 0.3) is 0 Å². The monoisotopic (exact) mass is 386 g/mol. The topological polar surface area (TPSA) is 0 Å². The first-order valence-corrected chi connectivity index (χ1v) is 17.6. The number of alkyl halides is 1. The maximum atomic E-state index is 4.03. The van der Waals surface area contributed by atoms with Crippen LogP contribution in [0.5, 0.6) is 0 Å². The lowest BCUT2D eigenvalue weighted by Gasteiger charge is -2.50. The second-order valence-corrected chi connectivity index (χ2v) is 26.7. The lowest BCUT2D eigenvalue weighted by atomic mass is 9.81. The van der Waals surface area contributed by atoms with Crippen LogP contribution in [0.4, 0.5) is 0 Å². The molecule has 0 aromatic heterocycles. The lowest BCUT2D eigenvalue weighted by Crippen LogP contribution is -2.61. The van der Waals surface area contributed by atoms with Gasteiger partial charge in [-0.25, -0.2) is 0 Å². The number of fused-ring (bicyclic) bond motifs is 1. The molecule has 3 rings (SSSR count). The van der Waals surface area contributed by atoms with Crippen molar-refractivity contribution in [2.24, 2.45) is 11.8 Å². The second-order valence-electron chi connectivity index (χ2n) is 9.38. The minimum absolute atomic E-state index is 0.849. The number of hydrogen-bond acceptors (Lipinski definition) is 0. The van der Waals surface area contributed by atoms with Crippen LogP contribution in [0.1, 0.15) is 57.8 Å². The van der Waals surface area contributed by atoms with Crippen molar-refractivity contribution >= 4 is 31.1 Å². The number of hydrogen-bond donors (Lipinski definition) is 0. The molecular formula is C18H35BrSi2. The molecule has 3 heteroatoms. The van der Waals surface area contributed by atoms with E-state index in [1.165, 1.54) is 37.6 Å². The predicted octanol–water partition coefficient (Wildman–Crippen LogP) is 6.77. The zero-order chi connectivity index (χ0) is 15.3. The minimum Gasteiger partial charge on any atom is -0.0888 e. The number of rotatable bonds is 3. The van der Waals surface area contributed by atoms with E-state index in [0.717, 1.165) is 22.2 Å². The van der Waals surface area contributed by atoms with Gasteiger partial charge in [-0.05, 0) is 35.8 Å². The molecule has 4 atom stereocenters. The SMILES string of the molecule is C[Si](C)(C1CCCC1)[Si](C)(C)C1CCC2C(Br)CCCC21. The second kappa shape index (κ2) is 6.09. The van der Waals surface area contributed by atoms with Crippen molar-refractivity contribution in [3.8, 4) is 0 Å². The molecule has 0 amide bonds. The van der Waals surface area contributed by atoms with Gasteiger partial charge < -0.3 is 0 Å². The standard InChI is InChI=1S/C18H35BrSi2/c1-20(2,14-8-5-6-9-14)21(3,4)18-13-12-15-16(18)10-7-11-17(15)19/h14-18H,5-13H2,1-4H3. The Morgan fingerprint density at radius 2 is 1.33 bits per heavy atom. The summed E-state index contributed by atoms with van der Waals surface area (Å²) in [6.07, 6.45) is 13.8. The molecule has 0 N–H and O–H groups in total. The molecule has 0 radical (unpaired) electrons. The van der Waals surface area contributed by atoms with Crippen LogP contribution in [0.15, 0.2) is 0 Å². The van der Waals surface area contributed by atoms with Crippen molar-refractivity contribution in [1.82, 2.24) is 0 Å². The molecule has 122 valence electrons. The van der Waals surface area contributed by atoms with Crippen molar-refractivity contribution in [3.63, 3.8) is 0 Å². The fourth-order valence-corrected chi connectivity index (χ4v) is 21.5. The smallest absolute Gasteiger partial charge is 0.0448 e. The van der Waals surface area contributed by atoms with Crippen LogP contribution in [0.2, 0.25) is 37.3 Å². The molecule has 0 aromatic carbocycles.